The Morgan fingerprint density at radius 1 is 1.31 bits per heavy atom. The minimum absolute atomic E-state index is 0.315. The van der Waals surface area contributed by atoms with E-state index < -0.39 is 0 Å². The lowest BCUT2D eigenvalue weighted by molar-refractivity contribution is -0.135. The zero-order chi connectivity index (χ0) is 12.0. The Hall–Kier alpha value is -0.570. The molecule has 16 heavy (non-hydrogen) atoms. The molecule has 1 aliphatic carbocycles. The first kappa shape index (κ1) is 13.5. The molecule has 0 spiro atoms. The van der Waals surface area contributed by atoms with Gasteiger partial charge in [-0.15, -0.1) is 0 Å². The van der Waals surface area contributed by atoms with Gasteiger partial charge in [0.25, 0.3) is 0 Å². The van der Waals surface area contributed by atoms with Gasteiger partial charge in [-0.2, -0.15) is 0 Å². The van der Waals surface area contributed by atoms with Crippen LogP contribution in [0.15, 0.2) is 0 Å². The number of carbonyl (C=O) groups excluding carboxylic acids is 1. The van der Waals surface area contributed by atoms with Crippen LogP contribution in [-0.4, -0.2) is 29.9 Å². The molecule has 0 aromatic rings. The van der Waals surface area contributed by atoms with E-state index in [1.807, 2.05) is 0 Å². The minimum atomic E-state index is 0.315. The second-order valence-electron chi connectivity index (χ2n) is 4.78. The summed E-state index contributed by atoms with van der Waals surface area (Å²) in [6.07, 6.45) is 6.48. The van der Waals surface area contributed by atoms with E-state index in [0.29, 0.717) is 24.3 Å². The molecule has 0 saturated heterocycles. The van der Waals surface area contributed by atoms with Gasteiger partial charge in [0.2, 0.25) is 5.91 Å². The maximum absolute atomic E-state index is 12.0. The molecular formula is C13H26N2O. The molecule has 0 aromatic carbocycles. The molecule has 1 fully saturated rings. The van der Waals surface area contributed by atoms with Gasteiger partial charge in [-0.25, -0.2) is 0 Å². The number of carbonyl (C=O) groups is 1. The molecule has 0 aromatic heterocycles. The lowest BCUT2D eigenvalue weighted by Gasteiger charge is -2.39. The maximum atomic E-state index is 12.0. The van der Waals surface area contributed by atoms with Gasteiger partial charge in [-0.1, -0.05) is 19.8 Å². The van der Waals surface area contributed by atoms with Crippen molar-refractivity contribution in [2.75, 3.05) is 13.1 Å². The average molecular weight is 226 g/mol. The van der Waals surface area contributed by atoms with E-state index in [1.54, 1.807) is 0 Å². The molecule has 0 radical (unpaired) electrons. The van der Waals surface area contributed by atoms with Gasteiger partial charge in [0, 0.05) is 19.0 Å². The lowest BCUT2D eigenvalue weighted by atomic mass is 9.83. The Labute approximate surface area is 99.4 Å². The third-order valence-corrected chi connectivity index (χ3v) is 3.70. The van der Waals surface area contributed by atoms with Gasteiger partial charge in [0.15, 0.2) is 0 Å². The highest BCUT2D eigenvalue weighted by molar-refractivity contribution is 5.76. The molecule has 1 saturated carbocycles. The van der Waals surface area contributed by atoms with Crippen LogP contribution in [0.1, 0.15) is 52.4 Å². The van der Waals surface area contributed by atoms with Crippen molar-refractivity contribution in [1.29, 1.82) is 0 Å². The molecule has 0 heterocycles. The topological polar surface area (TPSA) is 46.3 Å². The number of amides is 1. The lowest BCUT2D eigenvalue weighted by Crippen LogP contribution is -2.47. The summed E-state index contributed by atoms with van der Waals surface area (Å²) < 4.78 is 0. The monoisotopic (exact) mass is 226 g/mol. The first-order valence-corrected chi connectivity index (χ1v) is 6.74. The Kier molecular flexibility index (Phi) is 5.81. The summed E-state index contributed by atoms with van der Waals surface area (Å²) in [6.45, 7) is 5.70. The van der Waals surface area contributed by atoms with Gasteiger partial charge in [0.05, 0.1) is 0 Å². The van der Waals surface area contributed by atoms with Gasteiger partial charge in [-0.05, 0) is 38.6 Å². The highest BCUT2D eigenvalue weighted by Crippen LogP contribution is 2.28. The number of nitrogens with two attached hydrogens (primary N) is 1. The molecule has 94 valence electrons. The van der Waals surface area contributed by atoms with Crippen LogP contribution in [0, 0.1) is 5.92 Å². The van der Waals surface area contributed by atoms with Crippen LogP contribution in [0.4, 0.5) is 0 Å². The highest BCUT2D eigenvalue weighted by atomic mass is 16.2. The van der Waals surface area contributed by atoms with Gasteiger partial charge >= 0.3 is 0 Å². The van der Waals surface area contributed by atoms with E-state index in [4.69, 9.17) is 5.73 Å². The van der Waals surface area contributed by atoms with Crippen molar-refractivity contribution in [3.05, 3.63) is 0 Å². The number of hydrogen-bond acceptors (Lipinski definition) is 2. The van der Waals surface area contributed by atoms with Crippen LogP contribution in [0.5, 0.6) is 0 Å². The van der Waals surface area contributed by atoms with Crippen molar-refractivity contribution in [1.82, 2.24) is 4.90 Å². The molecule has 3 nitrogen and oxygen atoms in total. The van der Waals surface area contributed by atoms with E-state index in [1.165, 1.54) is 19.3 Å². The molecular weight excluding hydrogens is 200 g/mol. The first-order valence-electron chi connectivity index (χ1n) is 6.74. The van der Waals surface area contributed by atoms with Crippen LogP contribution in [0.25, 0.3) is 0 Å². The molecule has 1 rings (SSSR count). The number of rotatable bonds is 5. The SMILES string of the molecule is CCCC(=O)N(CC)C1CCCCC1CN. The Morgan fingerprint density at radius 3 is 2.56 bits per heavy atom. The Bertz CT molecular complexity index is 218. The second kappa shape index (κ2) is 6.89. The summed E-state index contributed by atoms with van der Waals surface area (Å²) in [5.74, 6) is 0.838. The zero-order valence-corrected chi connectivity index (χ0v) is 10.7. The fourth-order valence-corrected chi connectivity index (χ4v) is 2.83. The third kappa shape index (κ3) is 3.21. The molecule has 0 aliphatic heterocycles. The van der Waals surface area contributed by atoms with E-state index in [-0.39, 0.29) is 0 Å². The largest absolute Gasteiger partial charge is 0.340 e. The van der Waals surface area contributed by atoms with Gasteiger partial charge in [0.1, 0.15) is 0 Å². The van der Waals surface area contributed by atoms with Crippen molar-refractivity contribution >= 4 is 5.91 Å². The normalized spacial score (nSPS) is 25.4. The fourth-order valence-electron chi connectivity index (χ4n) is 2.83. The zero-order valence-electron chi connectivity index (χ0n) is 10.7. The van der Waals surface area contributed by atoms with Crippen molar-refractivity contribution < 1.29 is 4.79 Å². The first-order chi connectivity index (χ1) is 7.74. The standard InChI is InChI=1S/C13H26N2O/c1-3-7-13(16)15(4-2)12-9-6-5-8-11(12)10-14/h11-12H,3-10,14H2,1-2H3. The molecule has 2 unspecified atom stereocenters. The third-order valence-electron chi connectivity index (χ3n) is 3.70. The molecule has 2 N–H and O–H groups in total. The van der Waals surface area contributed by atoms with Gasteiger partial charge < -0.3 is 10.6 Å². The average Bonchev–Trinajstić information content (AvgIpc) is 2.31. The van der Waals surface area contributed by atoms with Crippen LogP contribution in [-0.2, 0) is 4.79 Å². The fraction of sp³-hybridized carbons (Fsp3) is 0.923. The predicted octanol–water partition coefficient (Wildman–Crippen LogP) is 2.15. The van der Waals surface area contributed by atoms with E-state index in [2.05, 4.69) is 18.7 Å². The van der Waals surface area contributed by atoms with Crippen molar-refractivity contribution in [2.24, 2.45) is 11.7 Å². The van der Waals surface area contributed by atoms with E-state index >= 15 is 0 Å². The summed E-state index contributed by atoms with van der Waals surface area (Å²) in [6, 6.07) is 0.405. The van der Waals surface area contributed by atoms with Crippen LogP contribution < -0.4 is 5.73 Å². The Morgan fingerprint density at radius 2 is 2.00 bits per heavy atom. The molecule has 3 heteroatoms. The summed E-state index contributed by atoms with van der Waals surface area (Å²) in [5.41, 5.74) is 5.82. The van der Waals surface area contributed by atoms with Crippen LogP contribution in [0.3, 0.4) is 0 Å². The van der Waals surface area contributed by atoms with E-state index in [9.17, 15) is 4.79 Å². The van der Waals surface area contributed by atoms with Crippen molar-refractivity contribution in [3.8, 4) is 0 Å². The molecule has 2 atom stereocenters. The number of hydrogen-bond donors (Lipinski definition) is 1. The second-order valence-corrected chi connectivity index (χ2v) is 4.78. The van der Waals surface area contributed by atoms with E-state index in [0.717, 1.165) is 25.9 Å². The maximum Gasteiger partial charge on any atom is 0.222 e. The molecule has 1 amide bonds. The summed E-state index contributed by atoms with van der Waals surface area (Å²) in [5, 5.41) is 0. The highest BCUT2D eigenvalue weighted by Gasteiger charge is 2.30. The summed E-state index contributed by atoms with van der Waals surface area (Å²) >= 11 is 0. The van der Waals surface area contributed by atoms with Crippen LogP contribution >= 0.6 is 0 Å². The summed E-state index contributed by atoms with van der Waals surface area (Å²) in [7, 11) is 0. The summed E-state index contributed by atoms with van der Waals surface area (Å²) in [4.78, 5) is 14.1. The smallest absolute Gasteiger partial charge is 0.222 e. The van der Waals surface area contributed by atoms with Gasteiger partial charge in [-0.3, -0.25) is 4.79 Å². The predicted molar refractivity (Wildman–Crippen MR) is 67.1 cm³/mol. The molecule has 1 aliphatic rings. The Balaban J connectivity index is 2.65. The minimum Gasteiger partial charge on any atom is -0.340 e. The van der Waals surface area contributed by atoms with Crippen molar-refractivity contribution in [3.63, 3.8) is 0 Å². The van der Waals surface area contributed by atoms with Crippen LogP contribution in [0.2, 0.25) is 0 Å². The number of nitrogens with zero attached hydrogens (tertiary/aromatic N) is 1. The van der Waals surface area contributed by atoms with Crippen molar-refractivity contribution in [2.45, 2.75) is 58.4 Å². The quantitative estimate of drug-likeness (QED) is 0.781. The molecule has 0 bridgehead atoms.